The number of aromatic nitrogens is 4. The van der Waals surface area contributed by atoms with Crippen LogP contribution in [0.3, 0.4) is 0 Å². The van der Waals surface area contributed by atoms with E-state index in [1.54, 1.807) is 6.33 Å². The van der Waals surface area contributed by atoms with Crippen LogP contribution in [0.1, 0.15) is 27.7 Å². The van der Waals surface area contributed by atoms with E-state index in [9.17, 15) is 0 Å². The van der Waals surface area contributed by atoms with Crippen molar-refractivity contribution in [2.75, 3.05) is 12.3 Å². The molecule has 2 N–H and O–H groups in total. The summed E-state index contributed by atoms with van der Waals surface area (Å²) in [6.07, 6.45) is 3.27. The van der Waals surface area contributed by atoms with Crippen LogP contribution in [0.25, 0.3) is 11.2 Å². The molecular weight excluding hydrogens is 240 g/mol. The van der Waals surface area contributed by atoms with Crippen molar-refractivity contribution in [1.29, 1.82) is 0 Å². The fourth-order valence-corrected chi connectivity index (χ4v) is 2.40. The number of nitrogen functional groups attached to an aromatic ring is 1. The van der Waals surface area contributed by atoms with Crippen LogP contribution in [-0.2, 0) is 6.54 Å². The molecule has 104 valence electrons. The van der Waals surface area contributed by atoms with Crippen molar-refractivity contribution < 1.29 is 0 Å². The molecule has 2 heterocycles. The third-order valence-corrected chi connectivity index (χ3v) is 3.36. The predicted molar refractivity (Wildman–Crippen MR) is 76.7 cm³/mol. The molecule has 0 spiro atoms. The van der Waals surface area contributed by atoms with Crippen LogP contribution < -0.4 is 5.73 Å². The number of anilines is 1. The fourth-order valence-electron chi connectivity index (χ4n) is 2.40. The third kappa shape index (κ3) is 2.84. The zero-order valence-electron chi connectivity index (χ0n) is 12.0. The number of imidazole rings is 1. The standard InChI is InChI=1S/C13H22N6/c1-9(2)19(10(3)4)6-5-18-8-17-11-12(14)15-7-16-13(11)18/h7-10H,5-6H2,1-4H3,(H2,14,15,16). The lowest BCUT2D eigenvalue weighted by molar-refractivity contribution is 0.169. The maximum Gasteiger partial charge on any atom is 0.165 e. The number of hydrogen-bond donors (Lipinski definition) is 1. The molecule has 0 radical (unpaired) electrons. The first-order valence-corrected chi connectivity index (χ1v) is 6.67. The number of fused-ring (bicyclic) bond motifs is 1. The van der Waals surface area contributed by atoms with Crippen LogP contribution in [0, 0.1) is 0 Å². The third-order valence-electron chi connectivity index (χ3n) is 3.36. The van der Waals surface area contributed by atoms with Crippen molar-refractivity contribution in [3.8, 4) is 0 Å². The van der Waals surface area contributed by atoms with Crippen molar-refractivity contribution in [3.05, 3.63) is 12.7 Å². The molecule has 0 aliphatic heterocycles. The minimum absolute atomic E-state index is 0.438. The molecule has 0 atom stereocenters. The van der Waals surface area contributed by atoms with Gasteiger partial charge in [-0.25, -0.2) is 15.0 Å². The normalized spacial score (nSPS) is 12.2. The number of hydrogen-bond acceptors (Lipinski definition) is 5. The lowest BCUT2D eigenvalue weighted by atomic mass is 10.2. The van der Waals surface area contributed by atoms with Crippen LogP contribution in [-0.4, -0.2) is 43.0 Å². The second kappa shape index (κ2) is 5.52. The molecule has 0 aliphatic carbocycles. The Morgan fingerprint density at radius 1 is 1.16 bits per heavy atom. The van der Waals surface area contributed by atoms with Crippen molar-refractivity contribution in [3.63, 3.8) is 0 Å². The summed E-state index contributed by atoms with van der Waals surface area (Å²) in [6.45, 7) is 10.7. The Morgan fingerprint density at radius 3 is 2.47 bits per heavy atom. The summed E-state index contributed by atoms with van der Waals surface area (Å²) >= 11 is 0. The topological polar surface area (TPSA) is 72.9 Å². The van der Waals surface area contributed by atoms with E-state index in [2.05, 4.69) is 47.5 Å². The van der Waals surface area contributed by atoms with E-state index in [0.29, 0.717) is 23.4 Å². The highest BCUT2D eigenvalue weighted by Gasteiger charge is 2.14. The molecule has 0 saturated carbocycles. The Hall–Kier alpha value is -1.69. The van der Waals surface area contributed by atoms with Gasteiger partial charge in [0.1, 0.15) is 11.8 Å². The van der Waals surface area contributed by atoms with Crippen molar-refractivity contribution in [2.45, 2.75) is 46.3 Å². The van der Waals surface area contributed by atoms with Gasteiger partial charge in [0, 0.05) is 25.2 Å². The van der Waals surface area contributed by atoms with Crippen LogP contribution in [0.15, 0.2) is 12.7 Å². The second-order valence-electron chi connectivity index (χ2n) is 5.29. The molecule has 0 aliphatic rings. The molecule has 2 aromatic rings. The number of rotatable bonds is 5. The molecule has 19 heavy (non-hydrogen) atoms. The van der Waals surface area contributed by atoms with E-state index < -0.39 is 0 Å². The molecule has 6 nitrogen and oxygen atoms in total. The maximum absolute atomic E-state index is 5.78. The Morgan fingerprint density at radius 2 is 1.84 bits per heavy atom. The SMILES string of the molecule is CC(C)N(CCn1cnc2c(N)ncnc21)C(C)C. The van der Waals surface area contributed by atoms with Crippen LogP contribution in [0.4, 0.5) is 5.82 Å². The highest BCUT2D eigenvalue weighted by atomic mass is 15.2. The summed E-state index contributed by atoms with van der Waals surface area (Å²) in [5.41, 5.74) is 7.27. The van der Waals surface area contributed by atoms with Gasteiger partial charge in [0.2, 0.25) is 0 Å². The Labute approximate surface area is 113 Å². The van der Waals surface area contributed by atoms with E-state index >= 15 is 0 Å². The largest absolute Gasteiger partial charge is 0.382 e. The van der Waals surface area contributed by atoms with E-state index in [-0.39, 0.29) is 0 Å². The van der Waals surface area contributed by atoms with Gasteiger partial charge >= 0.3 is 0 Å². The van der Waals surface area contributed by atoms with Gasteiger partial charge in [-0.2, -0.15) is 0 Å². The number of nitrogens with two attached hydrogens (primary N) is 1. The van der Waals surface area contributed by atoms with Crippen LogP contribution >= 0.6 is 0 Å². The monoisotopic (exact) mass is 262 g/mol. The summed E-state index contributed by atoms with van der Waals surface area (Å²) in [4.78, 5) is 14.9. The molecule has 0 amide bonds. The summed E-state index contributed by atoms with van der Waals surface area (Å²) in [5.74, 6) is 0.438. The van der Waals surface area contributed by atoms with E-state index in [0.717, 1.165) is 18.7 Å². The van der Waals surface area contributed by atoms with Gasteiger partial charge in [-0.1, -0.05) is 0 Å². The smallest absolute Gasteiger partial charge is 0.165 e. The number of nitrogens with zero attached hydrogens (tertiary/aromatic N) is 5. The molecule has 0 unspecified atom stereocenters. The van der Waals surface area contributed by atoms with Gasteiger partial charge < -0.3 is 10.3 Å². The van der Waals surface area contributed by atoms with Crippen LogP contribution in [0.2, 0.25) is 0 Å². The second-order valence-corrected chi connectivity index (χ2v) is 5.29. The lowest BCUT2D eigenvalue weighted by Gasteiger charge is -2.30. The molecule has 0 aromatic carbocycles. The fraction of sp³-hybridized carbons (Fsp3) is 0.615. The zero-order chi connectivity index (χ0) is 14.0. The summed E-state index contributed by atoms with van der Waals surface area (Å²) in [6, 6.07) is 1.05. The predicted octanol–water partition coefficient (Wildman–Crippen LogP) is 1.53. The summed E-state index contributed by atoms with van der Waals surface area (Å²) in [5, 5.41) is 0. The van der Waals surface area contributed by atoms with Crippen molar-refractivity contribution >= 4 is 17.0 Å². The van der Waals surface area contributed by atoms with Crippen molar-refractivity contribution in [2.24, 2.45) is 0 Å². The first-order valence-electron chi connectivity index (χ1n) is 6.67. The minimum atomic E-state index is 0.438. The molecular formula is C13H22N6. The lowest BCUT2D eigenvalue weighted by Crippen LogP contribution is -2.39. The Kier molecular flexibility index (Phi) is 3.99. The first-order chi connectivity index (χ1) is 9.00. The zero-order valence-corrected chi connectivity index (χ0v) is 12.0. The highest BCUT2D eigenvalue weighted by molar-refractivity contribution is 5.80. The first kappa shape index (κ1) is 13.7. The van der Waals surface area contributed by atoms with E-state index in [4.69, 9.17) is 5.73 Å². The van der Waals surface area contributed by atoms with Gasteiger partial charge in [-0.05, 0) is 27.7 Å². The van der Waals surface area contributed by atoms with E-state index in [1.807, 2.05) is 4.57 Å². The Bertz CT molecular complexity index is 537. The summed E-state index contributed by atoms with van der Waals surface area (Å²) < 4.78 is 2.03. The quantitative estimate of drug-likeness (QED) is 0.884. The molecule has 2 aromatic heterocycles. The maximum atomic E-state index is 5.78. The van der Waals surface area contributed by atoms with Gasteiger partial charge in [-0.15, -0.1) is 0 Å². The highest BCUT2D eigenvalue weighted by Crippen LogP contribution is 2.14. The molecule has 0 saturated heterocycles. The van der Waals surface area contributed by atoms with Gasteiger partial charge in [0.15, 0.2) is 11.5 Å². The van der Waals surface area contributed by atoms with Crippen molar-refractivity contribution in [1.82, 2.24) is 24.4 Å². The van der Waals surface area contributed by atoms with Gasteiger partial charge in [0.05, 0.1) is 6.33 Å². The van der Waals surface area contributed by atoms with E-state index in [1.165, 1.54) is 6.33 Å². The molecule has 0 bridgehead atoms. The molecule has 2 rings (SSSR count). The summed E-state index contributed by atoms with van der Waals surface area (Å²) in [7, 11) is 0. The molecule has 0 fully saturated rings. The Balaban J connectivity index is 2.16. The average Bonchev–Trinajstić information content (AvgIpc) is 2.73. The molecule has 6 heteroatoms. The minimum Gasteiger partial charge on any atom is -0.382 e. The van der Waals surface area contributed by atoms with Crippen LogP contribution in [0.5, 0.6) is 0 Å². The van der Waals surface area contributed by atoms with Gasteiger partial charge in [0.25, 0.3) is 0 Å². The van der Waals surface area contributed by atoms with Gasteiger partial charge in [-0.3, -0.25) is 4.90 Å². The average molecular weight is 262 g/mol.